The lowest BCUT2D eigenvalue weighted by atomic mass is 9.87. The minimum Gasteiger partial charge on any atom is -0.507 e. The molecule has 5 rings (SSSR count). The zero-order valence-corrected chi connectivity index (χ0v) is 17.6. The summed E-state index contributed by atoms with van der Waals surface area (Å²) in [5, 5.41) is 19.8. The van der Waals surface area contributed by atoms with Gasteiger partial charge in [0.15, 0.2) is 0 Å². The fourth-order valence-corrected chi connectivity index (χ4v) is 4.20. The van der Waals surface area contributed by atoms with Crippen molar-refractivity contribution in [3.63, 3.8) is 0 Å². The molecule has 1 aromatic carbocycles. The number of nitrogens with zero attached hydrogens (tertiary/aromatic N) is 1. The quantitative estimate of drug-likeness (QED) is 0.579. The van der Waals surface area contributed by atoms with E-state index in [0.717, 1.165) is 31.5 Å². The number of rotatable bonds is 5. The summed E-state index contributed by atoms with van der Waals surface area (Å²) in [7, 11) is 0. The van der Waals surface area contributed by atoms with Crippen LogP contribution in [-0.4, -0.2) is 35.8 Å². The van der Waals surface area contributed by atoms with E-state index in [-0.39, 0.29) is 24.2 Å². The number of anilines is 1. The summed E-state index contributed by atoms with van der Waals surface area (Å²) >= 11 is 0. The number of amides is 2. The Kier molecular flexibility index (Phi) is 6.01. The third kappa shape index (κ3) is 4.18. The smallest absolute Gasteiger partial charge is 0.320 e. The molecule has 160 valence electrons. The maximum Gasteiger partial charge on any atom is 0.320 e. The number of fused-ring (bicyclic) bond motifs is 1. The van der Waals surface area contributed by atoms with Crippen LogP contribution in [0.4, 0.5) is 10.6 Å². The number of carbonyl (C=O) groups excluding carboxylic acids is 1. The van der Waals surface area contributed by atoms with Crippen LogP contribution >= 0.6 is 12.4 Å². The number of hydrogen-bond acceptors (Lipinski definition) is 5. The van der Waals surface area contributed by atoms with E-state index in [9.17, 15) is 9.90 Å². The van der Waals surface area contributed by atoms with Crippen molar-refractivity contribution in [2.75, 3.05) is 25.0 Å². The first-order chi connectivity index (χ1) is 14.2. The van der Waals surface area contributed by atoms with Gasteiger partial charge in [-0.05, 0) is 67.8 Å². The van der Waals surface area contributed by atoms with Crippen LogP contribution in [0, 0.1) is 5.92 Å². The number of halogens is 1. The molecule has 0 bridgehead atoms. The molecule has 0 radical (unpaired) electrons. The van der Waals surface area contributed by atoms with Crippen molar-refractivity contribution < 1.29 is 14.6 Å². The second-order valence-corrected chi connectivity index (χ2v) is 8.18. The Balaban J connectivity index is 0.00000218. The largest absolute Gasteiger partial charge is 0.507 e. The molecule has 2 aliphatic heterocycles. The van der Waals surface area contributed by atoms with Gasteiger partial charge in [-0.3, -0.25) is 5.32 Å². The second-order valence-electron chi connectivity index (χ2n) is 8.18. The SMILES string of the molecule is Cl.O=C1NCc2c(C3CCCNC3)cc(-c3c(O)cccc3OCC3CC3)nc2N1. The number of hydrogen-bond donors (Lipinski definition) is 4. The van der Waals surface area contributed by atoms with Crippen molar-refractivity contribution in [2.45, 2.75) is 38.1 Å². The van der Waals surface area contributed by atoms with Crippen LogP contribution < -0.4 is 20.7 Å². The van der Waals surface area contributed by atoms with Crippen molar-refractivity contribution in [3.05, 3.63) is 35.4 Å². The molecule has 8 heteroatoms. The molecule has 7 nitrogen and oxygen atoms in total. The van der Waals surface area contributed by atoms with Crippen LogP contribution in [0.15, 0.2) is 24.3 Å². The average Bonchev–Trinajstić information content (AvgIpc) is 3.56. The number of nitrogens with one attached hydrogen (secondary N) is 3. The monoisotopic (exact) mass is 430 g/mol. The standard InChI is InChI=1S/C22H26N4O3.ClH/c27-18-4-1-5-19(29-12-13-6-7-13)20(18)17-9-15(14-3-2-8-23-10-14)16-11-24-22(28)26-21(16)25-17;/h1,4-5,9,13-14,23,27H,2-3,6-8,10-12H2,(H2,24,25,26,28);1H. The topological polar surface area (TPSA) is 95.5 Å². The molecule has 30 heavy (non-hydrogen) atoms. The van der Waals surface area contributed by atoms with E-state index < -0.39 is 0 Å². The number of ether oxygens (including phenoxy) is 1. The predicted octanol–water partition coefficient (Wildman–Crippen LogP) is 3.77. The summed E-state index contributed by atoms with van der Waals surface area (Å²) in [6.07, 6.45) is 4.60. The second kappa shape index (κ2) is 8.70. The third-order valence-electron chi connectivity index (χ3n) is 5.98. The normalized spacial score (nSPS) is 20.4. The van der Waals surface area contributed by atoms with Crippen LogP contribution in [0.3, 0.4) is 0 Å². The van der Waals surface area contributed by atoms with Crippen molar-refractivity contribution in [1.29, 1.82) is 0 Å². The number of aromatic nitrogens is 1. The minimum absolute atomic E-state index is 0. The Morgan fingerprint density at radius 2 is 2.10 bits per heavy atom. The lowest BCUT2D eigenvalue weighted by molar-refractivity contribution is 0.250. The van der Waals surface area contributed by atoms with Crippen molar-refractivity contribution >= 4 is 24.3 Å². The molecule has 1 saturated heterocycles. The van der Waals surface area contributed by atoms with E-state index in [2.05, 4.69) is 22.0 Å². The first kappa shape index (κ1) is 20.8. The zero-order valence-electron chi connectivity index (χ0n) is 16.7. The third-order valence-corrected chi connectivity index (χ3v) is 5.98. The van der Waals surface area contributed by atoms with Gasteiger partial charge in [0, 0.05) is 18.7 Å². The molecule has 0 spiro atoms. The molecule has 1 saturated carbocycles. The van der Waals surface area contributed by atoms with Crippen molar-refractivity contribution in [3.8, 4) is 22.8 Å². The predicted molar refractivity (Wildman–Crippen MR) is 118 cm³/mol. The molecule has 2 amide bonds. The van der Waals surface area contributed by atoms with E-state index in [0.29, 0.717) is 47.8 Å². The van der Waals surface area contributed by atoms with Gasteiger partial charge in [-0.1, -0.05) is 6.07 Å². The number of phenolic OH excluding ortho intramolecular Hbond substituents is 1. The van der Waals surface area contributed by atoms with Crippen molar-refractivity contribution in [2.24, 2.45) is 5.92 Å². The van der Waals surface area contributed by atoms with Gasteiger partial charge in [-0.25, -0.2) is 9.78 Å². The summed E-state index contributed by atoms with van der Waals surface area (Å²) in [5.41, 5.74) is 3.42. The summed E-state index contributed by atoms with van der Waals surface area (Å²) < 4.78 is 6.03. The zero-order chi connectivity index (χ0) is 19.8. The maximum absolute atomic E-state index is 11.9. The number of piperidine rings is 1. The van der Waals surface area contributed by atoms with E-state index in [4.69, 9.17) is 9.72 Å². The number of phenols is 1. The Hall–Kier alpha value is -2.51. The maximum atomic E-state index is 11.9. The first-order valence-electron chi connectivity index (χ1n) is 10.4. The molecule has 2 aromatic rings. The van der Waals surface area contributed by atoms with Crippen LogP contribution in [-0.2, 0) is 6.54 Å². The fraction of sp³-hybridized carbons (Fsp3) is 0.455. The summed E-state index contributed by atoms with van der Waals surface area (Å²) in [4.78, 5) is 16.7. The highest BCUT2D eigenvalue weighted by atomic mass is 35.5. The summed E-state index contributed by atoms with van der Waals surface area (Å²) in [5.74, 6) is 2.30. The number of pyridine rings is 1. The number of benzene rings is 1. The van der Waals surface area contributed by atoms with Gasteiger partial charge in [0.05, 0.1) is 17.9 Å². The van der Waals surface area contributed by atoms with Crippen molar-refractivity contribution in [1.82, 2.24) is 15.6 Å². The molecule has 4 N–H and O–H groups in total. The first-order valence-corrected chi connectivity index (χ1v) is 10.4. The van der Waals surface area contributed by atoms with Crippen LogP contribution in [0.1, 0.15) is 42.7 Å². The van der Waals surface area contributed by atoms with E-state index >= 15 is 0 Å². The Morgan fingerprint density at radius 1 is 1.23 bits per heavy atom. The molecule has 1 aromatic heterocycles. The molecular weight excluding hydrogens is 404 g/mol. The number of urea groups is 1. The molecule has 3 aliphatic rings. The highest BCUT2D eigenvalue weighted by molar-refractivity contribution is 5.92. The molecule has 1 unspecified atom stereocenters. The van der Waals surface area contributed by atoms with Crippen LogP contribution in [0.5, 0.6) is 11.5 Å². The van der Waals surface area contributed by atoms with Crippen LogP contribution in [0.2, 0.25) is 0 Å². The molecule has 1 aliphatic carbocycles. The Labute approximate surface area is 182 Å². The fourth-order valence-electron chi connectivity index (χ4n) is 4.20. The highest BCUT2D eigenvalue weighted by Crippen LogP contribution is 2.41. The lowest BCUT2D eigenvalue weighted by Gasteiger charge is -2.29. The molecular formula is C22H27ClN4O3. The van der Waals surface area contributed by atoms with Gasteiger partial charge in [0.2, 0.25) is 0 Å². The van der Waals surface area contributed by atoms with E-state index in [1.165, 1.54) is 18.4 Å². The number of aromatic hydroxyl groups is 1. The Morgan fingerprint density at radius 3 is 2.87 bits per heavy atom. The number of carbonyl (C=O) groups is 1. The minimum atomic E-state index is -0.252. The summed E-state index contributed by atoms with van der Waals surface area (Å²) in [6, 6.07) is 7.13. The lowest BCUT2D eigenvalue weighted by Crippen LogP contribution is -2.36. The van der Waals surface area contributed by atoms with Gasteiger partial charge in [-0.2, -0.15) is 0 Å². The highest BCUT2D eigenvalue weighted by Gasteiger charge is 2.28. The molecule has 3 heterocycles. The van der Waals surface area contributed by atoms with E-state index in [1.807, 2.05) is 6.07 Å². The van der Waals surface area contributed by atoms with E-state index in [1.54, 1.807) is 12.1 Å². The Bertz CT molecular complexity index is 942. The molecule has 2 fully saturated rings. The van der Waals surface area contributed by atoms with Gasteiger partial charge >= 0.3 is 6.03 Å². The van der Waals surface area contributed by atoms with Gasteiger partial charge < -0.3 is 20.5 Å². The molecule has 1 atom stereocenters. The average molecular weight is 431 g/mol. The summed E-state index contributed by atoms with van der Waals surface area (Å²) in [6.45, 7) is 3.05. The van der Waals surface area contributed by atoms with Crippen LogP contribution in [0.25, 0.3) is 11.3 Å². The van der Waals surface area contributed by atoms with Gasteiger partial charge in [-0.15, -0.1) is 12.4 Å². The van der Waals surface area contributed by atoms with Gasteiger partial charge in [0.1, 0.15) is 17.3 Å². The van der Waals surface area contributed by atoms with Gasteiger partial charge in [0.25, 0.3) is 0 Å².